The number of aliphatic hydroxyl groups is 1. The van der Waals surface area contributed by atoms with Crippen molar-refractivity contribution in [2.24, 2.45) is 0 Å². The van der Waals surface area contributed by atoms with E-state index in [-0.39, 0.29) is 13.0 Å². The molecule has 116 valence electrons. The molecule has 9 nitrogen and oxygen atoms in total. The van der Waals surface area contributed by atoms with Crippen molar-refractivity contribution in [3.05, 3.63) is 32.6 Å². The van der Waals surface area contributed by atoms with Crippen LogP contribution in [0.1, 0.15) is 25.1 Å². The summed E-state index contributed by atoms with van der Waals surface area (Å²) in [6.45, 7) is 2.37. The van der Waals surface area contributed by atoms with Gasteiger partial charge in [0.1, 0.15) is 18.4 Å². The van der Waals surface area contributed by atoms with Crippen molar-refractivity contribution in [3.8, 4) is 0 Å². The molecule has 0 bridgehead atoms. The zero-order valence-electron chi connectivity index (χ0n) is 11.6. The topological polar surface area (TPSA) is 120 Å². The van der Waals surface area contributed by atoms with Gasteiger partial charge in [0.15, 0.2) is 0 Å². The Balaban J connectivity index is 2.19. The number of rotatable bonds is 4. The summed E-state index contributed by atoms with van der Waals surface area (Å²) in [4.78, 5) is 45.4. The van der Waals surface area contributed by atoms with Crippen LogP contribution in [-0.4, -0.2) is 39.4 Å². The lowest BCUT2D eigenvalue weighted by Gasteiger charge is -2.15. The zero-order valence-corrected chi connectivity index (χ0v) is 11.6. The predicted molar refractivity (Wildman–Crippen MR) is 68.3 cm³/mol. The molecule has 0 saturated carbocycles. The Morgan fingerprint density at radius 3 is 2.90 bits per heavy atom. The Hall–Kier alpha value is -1.97. The minimum absolute atomic E-state index is 0.184. The molecule has 0 aliphatic carbocycles. The smallest absolute Gasteiger partial charge is 0.339 e. The fourth-order valence-corrected chi connectivity index (χ4v) is 2.07. The van der Waals surface area contributed by atoms with E-state index in [1.165, 1.54) is 17.7 Å². The predicted octanol–water partition coefficient (Wildman–Crippen LogP) is -1.01. The van der Waals surface area contributed by atoms with Crippen LogP contribution in [0.5, 0.6) is 0 Å². The van der Waals surface area contributed by atoms with Gasteiger partial charge < -0.3 is 9.84 Å². The number of carbonyl (C=O) groups is 1. The number of nitrogens with one attached hydrogen (secondary N) is 1. The van der Waals surface area contributed by atoms with Gasteiger partial charge in [0, 0.05) is 25.1 Å². The van der Waals surface area contributed by atoms with Gasteiger partial charge in [-0.25, -0.2) is 9.59 Å². The van der Waals surface area contributed by atoms with E-state index in [1.54, 1.807) is 6.92 Å². The molecule has 2 heterocycles. The molecule has 1 aromatic rings. The number of aromatic nitrogens is 2. The van der Waals surface area contributed by atoms with E-state index in [4.69, 9.17) is 9.62 Å². The van der Waals surface area contributed by atoms with Crippen molar-refractivity contribution in [2.75, 3.05) is 6.61 Å². The molecule has 0 radical (unpaired) electrons. The summed E-state index contributed by atoms with van der Waals surface area (Å²) in [6, 6.07) is 0. The van der Waals surface area contributed by atoms with Crippen molar-refractivity contribution >= 4 is 5.97 Å². The summed E-state index contributed by atoms with van der Waals surface area (Å²) < 4.78 is 6.70. The van der Waals surface area contributed by atoms with Crippen molar-refractivity contribution in [2.45, 2.75) is 38.7 Å². The van der Waals surface area contributed by atoms with Crippen LogP contribution >= 0.6 is 0 Å². The third kappa shape index (κ3) is 3.38. The van der Waals surface area contributed by atoms with Gasteiger partial charge in [-0.05, 0) is 6.92 Å². The van der Waals surface area contributed by atoms with Crippen LogP contribution < -0.4 is 11.2 Å². The van der Waals surface area contributed by atoms with Crippen molar-refractivity contribution in [1.29, 1.82) is 0 Å². The van der Waals surface area contributed by atoms with Crippen LogP contribution in [0.3, 0.4) is 0 Å². The number of ether oxygens (including phenoxy) is 1. The molecular formula is C12H16N2O7. The molecule has 0 spiro atoms. The largest absolute Gasteiger partial charge is 0.394 e. The van der Waals surface area contributed by atoms with Gasteiger partial charge in [-0.1, -0.05) is 0 Å². The molecular weight excluding hydrogens is 284 g/mol. The maximum atomic E-state index is 11.8. The molecule has 1 saturated heterocycles. The Morgan fingerprint density at radius 1 is 1.57 bits per heavy atom. The number of H-pyrrole nitrogens is 1. The summed E-state index contributed by atoms with van der Waals surface area (Å²) >= 11 is 0. The maximum Gasteiger partial charge on any atom is 0.339 e. The van der Waals surface area contributed by atoms with E-state index >= 15 is 0 Å². The highest BCUT2D eigenvalue weighted by Crippen LogP contribution is 2.29. The SMILES string of the molecule is CC(=O)OOC1C[C@H](n2cc(C)c(=O)[nH]c2=O)O[C@@H]1CO. The first kappa shape index (κ1) is 15.4. The first-order chi connectivity index (χ1) is 9.92. The van der Waals surface area contributed by atoms with Gasteiger partial charge in [-0.15, -0.1) is 0 Å². The quantitative estimate of drug-likeness (QED) is 0.540. The number of hydrogen-bond donors (Lipinski definition) is 2. The van der Waals surface area contributed by atoms with E-state index in [0.29, 0.717) is 5.56 Å². The fourth-order valence-electron chi connectivity index (χ4n) is 2.07. The van der Waals surface area contributed by atoms with Gasteiger partial charge in [0.25, 0.3) is 5.56 Å². The number of hydrogen-bond acceptors (Lipinski definition) is 7. The van der Waals surface area contributed by atoms with Gasteiger partial charge in [-0.2, -0.15) is 4.89 Å². The van der Waals surface area contributed by atoms with E-state index in [0.717, 1.165) is 0 Å². The summed E-state index contributed by atoms with van der Waals surface area (Å²) in [5.41, 5.74) is -0.746. The minimum Gasteiger partial charge on any atom is -0.394 e. The van der Waals surface area contributed by atoms with E-state index in [2.05, 4.69) is 9.87 Å². The lowest BCUT2D eigenvalue weighted by atomic mass is 10.2. The molecule has 1 aliphatic heterocycles. The molecule has 0 amide bonds. The summed E-state index contributed by atoms with van der Waals surface area (Å²) in [7, 11) is 0. The standard InChI is InChI=1S/C12H16N2O7/c1-6-4-14(12(18)13-11(6)17)10-3-8(9(5-15)19-10)21-20-7(2)16/h4,8-10,15H,3,5H2,1-2H3,(H,13,17,18)/t8?,9-,10-/m1/s1. The zero-order chi connectivity index (χ0) is 15.6. The molecule has 1 aromatic heterocycles. The number of aryl methyl sites for hydroxylation is 1. The molecule has 0 aromatic carbocycles. The highest BCUT2D eigenvalue weighted by molar-refractivity contribution is 5.65. The van der Waals surface area contributed by atoms with Crippen LogP contribution in [0.25, 0.3) is 0 Å². The highest BCUT2D eigenvalue weighted by Gasteiger charge is 2.38. The van der Waals surface area contributed by atoms with Gasteiger partial charge in [0.05, 0.1) is 6.61 Å². The number of aromatic amines is 1. The second kappa shape index (κ2) is 6.20. The van der Waals surface area contributed by atoms with Crippen molar-refractivity contribution in [1.82, 2.24) is 9.55 Å². The normalized spacial score (nSPS) is 25.0. The number of carbonyl (C=O) groups excluding carboxylic acids is 1. The third-order valence-electron chi connectivity index (χ3n) is 3.11. The maximum absolute atomic E-state index is 11.8. The fraction of sp³-hybridized carbons (Fsp3) is 0.583. The third-order valence-corrected chi connectivity index (χ3v) is 3.11. The molecule has 3 atom stereocenters. The molecule has 1 fully saturated rings. The molecule has 1 unspecified atom stereocenters. The highest BCUT2D eigenvalue weighted by atomic mass is 17.2. The molecule has 2 rings (SSSR count). The average Bonchev–Trinajstić information content (AvgIpc) is 2.83. The Labute approximate surface area is 119 Å². The number of nitrogens with zero attached hydrogens (tertiary/aromatic N) is 1. The monoisotopic (exact) mass is 300 g/mol. The lowest BCUT2D eigenvalue weighted by Crippen LogP contribution is -2.33. The first-order valence-corrected chi connectivity index (χ1v) is 6.34. The van der Waals surface area contributed by atoms with Crippen LogP contribution in [-0.2, 0) is 19.3 Å². The van der Waals surface area contributed by atoms with Crippen molar-refractivity contribution in [3.63, 3.8) is 0 Å². The Bertz CT molecular complexity index is 635. The van der Waals surface area contributed by atoms with Gasteiger partial charge >= 0.3 is 11.7 Å². The van der Waals surface area contributed by atoms with Crippen LogP contribution in [0.2, 0.25) is 0 Å². The summed E-state index contributed by atoms with van der Waals surface area (Å²) in [6.07, 6.45) is -0.625. The Kier molecular flexibility index (Phi) is 4.56. The van der Waals surface area contributed by atoms with E-state index < -0.39 is 35.7 Å². The van der Waals surface area contributed by atoms with Gasteiger partial charge in [0.2, 0.25) is 0 Å². The molecule has 2 N–H and O–H groups in total. The minimum atomic E-state index is -0.742. The van der Waals surface area contributed by atoms with E-state index in [1.807, 2.05) is 0 Å². The van der Waals surface area contributed by atoms with Crippen LogP contribution in [0.4, 0.5) is 0 Å². The summed E-state index contributed by atoms with van der Waals surface area (Å²) in [5.74, 6) is -0.632. The second-order valence-corrected chi connectivity index (χ2v) is 4.74. The molecule has 1 aliphatic rings. The van der Waals surface area contributed by atoms with Gasteiger partial charge in [-0.3, -0.25) is 19.2 Å². The number of aliphatic hydroxyl groups excluding tert-OH is 1. The molecule has 9 heteroatoms. The second-order valence-electron chi connectivity index (χ2n) is 4.74. The van der Waals surface area contributed by atoms with Crippen molar-refractivity contribution < 1.29 is 24.4 Å². The van der Waals surface area contributed by atoms with Crippen LogP contribution in [0.15, 0.2) is 15.8 Å². The first-order valence-electron chi connectivity index (χ1n) is 6.34. The lowest BCUT2D eigenvalue weighted by molar-refractivity contribution is -0.303. The summed E-state index contributed by atoms with van der Waals surface area (Å²) in [5, 5.41) is 9.24. The van der Waals surface area contributed by atoms with E-state index in [9.17, 15) is 19.5 Å². The Morgan fingerprint density at radius 2 is 2.29 bits per heavy atom. The average molecular weight is 300 g/mol. The molecule has 21 heavy (non-hydrogen) atoms. The van der Waals surface area contributed by atoms with Crippen LogP contribution in [0, 0.1) is 6.92 Å².